The van der Waals surface area contributed by atoms with Gasteiger partial charge in [0.15, 0.2) is 0 Å². The molecule has 0 saturated carbocycles. The largest absolute Gasteiger partial charge is 0.496 e. The maximum Gasteiger partial charge on any atom is 0.122 e. The summed E-state index contributed by atoms with van der Waals surface area (Å²) >= 11 is 0. The van der Waals surface area contributed by atoms with Crippen LogP contribution in [0.15, 0.2) is 18.2 Å². The minimum absolute atomic E-state index is 0.533. The zero-order chi connectivity index (χ0) is 13.5. The lowest BCUT2D eigenvalue weighted by molar-refractivity contribution is 0.393. The molecule has 102 valence electrons. The Balaban J connectivity index is 2.81. The van der Waals surface area contributed by atoms with Crippen LogP contribution in [-0.4, -0.2) is 19.7 Å². The monoisotopic (exact) mass is 249 g/mol. The number of methoxy groups -OCH3 is 1. The number of benzene rings is 1. The molecular formula is C16H27NO. The van der Waals surface area contributed by atoms with Gasteiger partial charge in [-0.05, 0) is 43.9 Å². The van der Waals surface area contributed by atoms with Crippen molar-refractivity contribution in [3.05, 3.63) is 29.3 Å². The first-order valence-corrected chi connectivity index (χ1v) is 6.93. The van der Waals surface area contributed by atoms with Gasteiger partial charge in [-0.3, -0.25) is 0 Å². The lowest BCUT2D eigenvalue weighted by Crippen LogP contribution is -2.32. The van der Waals surface area contributed by atoms with Gasteiger partial charge in [-0.1, -0.05) is 38.5 Å². The summed E-state index contributed by atoms with van der Waals surface area (Å²) in [6.07, 6.45) is 2.24. The quantitative estimate of drug-likeness (QED) is 0.797. The van der Waals surface area contributed by atoms with Gasteiger partial charge < -0.3 is 10.1 Å². The van der Waals surface area contributed by atoms with Gasteiger partial charge in [0.2, 0.25) is 0 Å². The summed E-state index contributed by atoms with van der Waals surface area (Å²) in [5.74, 6) is 1.72. The van der Waals surface area contributed by atoms with E-state index in [9.17, 15) is 0 Å². The molecule has 0 fully saturated rings. The topological polar surface area (TPSA) is 21.3 Å². The van der Waals surface area contributed by atoms with E-state index >= 15 is 0 Å². The van der Waals surface area contributed by atoms with Gasteiger partial charge in [-0.15, -0.1) is 0 Å². The number of aryl methyl sites for hydroxylation is 1. The van der Waals surface area contributed by atoms with E-state index in [1.54, 1.807) is 7.11 Å². The summed E-state index contributed by atoms with van der Waals surface area (Å²) in [4.78, 5) is 0. The molecule has 1 N–H and O–H groups in total. The van der Waals surface area contributed by atoms with Crippen LogP contribution in [0.4, 0.5) is 0 Å². The van der Waals surface area contributed by atoms with E-state index in [0.29, 0.717) is 12.0 Å². The van der Waals surface area contributed by atoms with Gasteiger partial charge in [-0.2, -0.15) is 0 Å². The van der Waals surface area contributed by atoms with E-state index in [1.165, 1.54) is 17.5 Å². The Morgan fingerprint density at radius 2 is 2.00 bits per heavy atom. The van der Waals surface area contributed by atoms with Gasteiger partial charge >= 0.3 is 0 Å². The van der Waals surface area contributed by atoms with Crippen molar-refractivity contribution in [1.82, 2.24) is 5.32 Å². The molecule has 0 amide bonds. The third-order valence-electron chi connectivity index (χ3n) is 3.15. The van der Waals surface area contributed by atoms with Crippen molar-refractivity contribution in [3.8, 4) is 5.75 Å². The van der Waals surface area contributed by atoms with Crippen molar-refractivity contribution in [1.29, 1.82) is 0 Å². The highest BCUT2D eigenvalue weighted by atomic mass is 16.5. The Labute approximate surface area is 112 Å². The minimum atomic E-state index is 0.533. The molecule has 1 atom stereocenters. The first kappa shape index (κ1) is 15.0. The predicted molar refractivity (Wildman–Crippen MR) is 78.4 cm³/mol. The van der Waals surface area contributed by atoms with E-state index < -0.39 is 0 Å². The van der Waals surface area contributed by atoms with Crippen LogP contribution in [0.3, 0.4) is 0 Å². The Kier molecular flexibility index (Phi) is 6.20. The summed E-state index contributed by atoms with van der Waals surface area (Å²) < 4.78 is 5.46. The second-order valence-electron chi connectivity index (χ2n) is 5.40. The molecule has 0 saturated heterocycles. The van der Waals surface area contributed by atoms with Crippen LogP contribution in [0.5, 0.6) is 5.75 Å². The molecule has 1 rings (SSSR count). The summed E-state index contributed by atoms with van der Waals surface area (Å²) in [6.45, 7) is 9.87. The maximum absolute atomic E-state index is 5.46. The predicted octanol–water partition coefficient (Wildman–Crippen LogP) is 3.57. The lowest BCUT2D eigenvalue weighted by atomic mass is 9.96. The summed E-state index contributed by atoms with van der Waals surface area (Å²) in [5.41, 5.74) is 2.61. The second-order valence-corrected chi connectivity index (χ2v) is 5.40. The number of hydrogen-bond acceptors (Lipinski definition) is 2. The van der Waals surface area contributed by atoms with E-state index in [1.807, 2.05) is 0 Å². The van der Waals surface area contributed by atoms with Gasteiger partial charge in [-0.25, -0.2) is 0 Å². The Hall–Kier alpha value is -1.02. The van der Waals surface area contributed by atoms with Crippen LogP contribution >= 0.6 is 0 Å². The third-order valence-corrected chi connectivity index (χ3v) is 3.15. The molecule has 0 bridgehead atoms. The SMILES string of the molecule is CCNC(Cc1cc(C)ccc1OC)CC(C)C. The first-order chi connectivity index (χ1) is 8.56. The smallest absolute Gasteiger partial charge is 0.122 e. The number of ether oxygens (including phenoxy) is 1. The second kappa shape index (κ2) is 7.42. The summed E-state index contributed by atoms with van der Waals surface area (Å²) in [6, 6.07) is 6.95. The molecule has 0 radical (unpaired) electrons. The first-order valence-electron chi connectivity index (χ1n) is 6.93. The highest BCUT2D eigenvalue weighted by Gasteiger charge is 2.13. The van der Waals surface area contributed by atoms with E-state index in [2.05, 4.69) is 51.2 Å². The van der Waals surface area contributed by atoms with Gasteiger partial charge in [0.05, 0.1) is 7.11 Å². The number of likely N-dealkylation sites (N-methyl/N-ethyl adjacent to an activating group) is 1. The summed E-state index contributed by atoms with van der Waals surface area (Å²) in [5, 5.41) is 3.58. The van der Waals surface area contributed by atoms with E-state index in [4.69, 9.17) is 4.74 Å². The minimum Gasteiger partial charge on any atom is -0.496 e. The number of nitrogens with one attached hydrogen (secondary N) is 1. The van der Waals surface area contributed by atoms with Crippen LogP contribution in [0, 0.1) is 12.8 Å². The molecule has 1 unspecified atom stereocenters. The van der Waals surface area contributed by atoms with E-state index in [0.717, 1.165) is 18.7 Å². The molecule has 1 aromatic rings. The van der Waals surface area contributed by atoms with Crippen molar-refractivity contribution in [2.24, 2.45) is 5.92 Å². The molecule has 2 heteroatoms. The average molecular weight is 249 g/mol. The summed E-state index contributed by atoms with van der Waals surface area (Å²) in [7, 11) is 1.75. The van der Waals surface area contributed by atoms with Crippen LogP contribution in [-0.2, 0) is 6.42 Å². The number of hydrogen-bond donors (Lipinski definition) is 1. The average Bonchev–Trinajstić information content (AvgIpc) is 2.28. The Morgan fingerprint density at radius 3 is 2.56 bits per heavy atom. The zero-order valence-corrected chi connectivity index (χ0v) is 12.4. The molecule has 0 spiro atoms. The molecule has 18 heavy (non-hydrogen) atoms. The highest BCUT2D eigenvalue weighted by Crippen LogP contribution is 2.22. The Morgan fingerprint density at radius 1 is 1.28 bits per heavy atom. The molecule has 0 heterocycles. The lowest BCUT2D eigenvalue weighted by Gasteiger charge is -2.21. The van der Waals surface area contributed by atoms with Crippen molar-refractivity contribution < 1.29 is 4.74 Å². The van der Waals surface area contributed by atoms with Crippen LogP contribution < -0.4 is 10.1 Å². The fraction of sp³-hybridized carbons (Fsp3) is 0.625. The molecule has 0 aliphatic carbocycles. The molecule has 0 aliphatic rings. The fourth-order valence-electron chi connectivity index (χ4n) is 2.43. The number of rotatable bonds is 7. The molecular weight excluding hydrogens is 222 g/mol. The van der Waals surface area contributed by atoms with Crippen molar-refractivity contribution in [2.75, 3.05) is 13.7 Å². The molecule has 1 aromatic carbocycles. The van der Waals surface area contributed by atoms with Gasteiger partial charge in [0.1, 0.15) is 5.75 Å². The molecule has 0 aliphatic heterocycles. The van der Waals surface area contributed by atoms with Gasteiger partial charge in [0, 0.05) is 6.04 Å². The highest BCUT2D eigenvalue weighted by molar-refractivity contribution is 5.37. The maximum atomic E-state index is 5.46. The molecule has 0 aromatic heterocycles. The standard InChI is InChI=1S/C16H27NO/c1-6-17-15(9-12(2)3)11-14-10-13(4)7-8-16(14)18-5/h7-8,10,12,15,17H,6,9,11H2,1-5H3. The molecule has 2 nitrogen and oxygen atoms in total. The van der Waals surface area contributed by atoms with Gasteiger partial charge in [0.25, 0.3) is 0 Å². The van der Waals surface area contributed by atoms with Crippen molar-refractivity contribution >= 4 is 0 Å². The third kappa shape index (κ3) is 4.69. The fourth-order valence-corrected chi connectivity index (χ4v) is 2.43. The Bertz CT molecular complexity index is 360. The van der Waals surface area contributed by atoms with Crippen LogP contribution in [0.25, 0.3) is 0 Å². The van der Waals surface area contributed by atoms with Crippen molar-refractivity contribution in [3.63, 3.8) is 0 Å². The zero-order valence-electron chi connectivity index (χ0n) is 12.4. The van der Waals surface area contributed by atoms with Crippen LogP contribution in [0.2, 0.25) is 0 Å². The normalized spacial score (nSPS) is 12.8. The van der Waals surface area contributed by atoms with Crippen LogP contribution in [0.1, 0.15) is 38.3 Å². The van der Waals surface area contributed by atoms with Crippen molar-refractivity contribution in [2.45, 2.75) is 46.6 Å². The van der Waals surface area contributed by atoms with E-state index in [-0.39, 0.29) is 0 Å².